The number of aromatic nitrogens is 2. The molecule has 0 aliphatic heterocycles. The third-order valence-corrected chi connectivity index (χ3v) is 4.77. The molecule has 2 heterocycles. The second-order valence-corrected chi connectivity index (χ2v) is 6.54. The summed E-state index contributed by atoms with van der Waals surface area (Å²) in [6, 6.07) is 2.40. The van der Waals surface area contributed by atoms with E-state index in [1.165, 1.54) is 17.4 Å². The zero-order chi connectivity index (χ0) is 13.3. The third kappa shape index (κ3) is 2.59. The average Bonchev–Trinajstić information content (AvgIpc) is 2.57. The Morgan fingerprint density at radius 3 is 2.56 bits per heavy atom. The van der Waals surface area contributed by atoms with Crippen molar-refractivity contribution in [3.05, 3.63) is 39.3 Å². The molecule has 0 amide bonds. The summed E-state index contributed by atoms with van der Waals surface area (Å²) in [5, 5.41) is 0.316. The Morgan fingerprint density at radius 2 is 2.06 bits per heavy atom. The van der Waals surface area contributed by atoms with Gasteiger partial charge in [0.15, 0.2) is 5.13 Å². The van der Waals surface area contributed by atoms with Crippen LogP contribution in [0.25, 0.3) is 0 Å². The SMILES string of the molecule is Cc1nc(NS(=O)(=O)c2ccc(=O)[nH]c2)sc1C. The number of rotatable bonds is 3. The number of pyridine rings is 1. The first-order valence-electron chi connectivity index (χ1n) is 5.04. The van der Waals surface area contributed by atoms with Gasteiger partial charge in [0.1, 0.15) is 4.90 Å². The molecular formula is C10H11N3O3S2. The molecule has 8 heteroatoms. The van der Waals surface area contributed by atoms with Crippen LogP contribution in [-0.2, 0) is 10.0 Å². The van der Waals surface area contributed by atoms with E-state index in [4.69, 9.17) is 0 Å². The summed E-state index contributed by atoms with van der Waals surface area (Å²) >= 11 is 1.27. The number of aromatic amines is 1. The number of sulfonamides is 1. The van der Waals surface area contributed by atoms with Gasteiger partial charge < -0.3 is 4.98 Å². The fourth-order valence-corrected chi connectivity index (χ4v) is 3.27. The Morgan fingerprint density at radius 1 is 1.33 bits per heavy atom. The van der Waals surface area contributed by atoms with Crippen LogP contribution in [-0.4, -0.2) is 18.4 Å². The molecule has 0 aliphatic rings. The fraction of sp³-hybridized carbons (Fsp3) is 0.200. The Hall–Kier alpha value is -1.67. The van der Waals surface area contributed by atoms with Gasteiger partial charge in [-0.05, 0) is 19.9 Å². The summed E-state index contributed by atoms with van der Waals surface area (Å²) in [6.07, 6.45) is 1.15. The average molecular weight is 285 g/mol. The van der Waals surface area contributed by atoms with Crippen molar-refractivity contribution in [2.45, 2.75) is 18.7 Å². The largest absolute Gasteiger partial charge is 0.328 e. The van der Waals surface area contributed by atoms with Crippen LogP contribution in [0.2, 0.25) is 0 Å². The maximum Gasteiger partial charge on any atom is 0.265 e. The van der Waals surface area contributed by atoms with Gasteiger partial charge in [-0.1, -0.05) is 0 Å². The summed E-state index contributed by atoms with van der Waals surface area (Å²) in [4.78, 5) is 18.2. The molecule has 0 bridgehead atoms. The Bertz CT molecular complexity index is 691. The zero-order valence-corrected chi connectivity index (χ0v) is 11.4. The number of nitrogens with zero attached hydrogens (tertiary/aromatic N) is 1. The summed E-state index contributed by atoms with van der Waals surface area (Å²) in [5.41, 5.74) is 0.439. The van der Waals surface area contributed by atoms with Gasteiger partial charge in [-0.3, -0.25) is 9.52 Å². The van der Waals surface area contributed by atoms with E-state index in [9.17, 15) is 13.2 Å². The van der Waals surface area contributed by atoms with Crippen LogP contribution in [0.1, 0.15) is 10.6 Å². The number of aryl methyl sites for hydroxylation is 2. The molecule has 2 N–H and O–H groups in total. The van der Waals surface area contributed by atoms with Crippen LogP contribution >= 0.6 is 11.3 Å². The number of anilines is 1. The fourth-order valence-electron chi connectivity index (χ4n) is 1.25. The van der Waals surface area contributed by atoms with Gasteiger partial charge in [-0.2, -0.15) is 0 Å². The minimum atomic E-state index is -3.71. The van der Waals surface area contributed by atoms with Gasteiger partial charge in [0.2, 0.25) is 5.56 Å². The third-order valence-electron chi connectivity index (χ3n) is 2.32. The lowest BCUT2D eigenvalue weighted by molar-refractivity contribution is 0.600. The number of hydrogen-bond donors (Lipinski definition) is 2. The second-order valence-electron chi connectivity index (χ2n) is 3.65. The highest BCUT2D eigenvalue weighted by Crippen LogP contribution is 2.23. The standard InChI is InChI=1S/C10H11N3O3S2/c1-6-7(2)17-10(12-6)13-18(15,16)8-3-4-9(14)11-5-8/h3-5H,1-2H3,(H,11,14)(H,12,13). The number of thiazole rings is 1. The zero-order valence-electron chi connectivity index (χ0n) is 9.72. The molecule has 2 aromatic rings. The molecule has 18 heavy (non-hydrogen) atoms. The minimum absolute atomic E-state index is 0.00685. The first-order valence-corrected chi connectivity index (χ1v) is 7.34. The van der Waals surface area contributed by atoms with E-state index in [1.54, 1.807) is 0 Å². The molecule has 0 unspecified atom stereocenters. The van der Waals surface area contributed by atoms with Gasteiger partial charge in [0, 0.05) is 17.1 Å². The monoisotopic (exact) mass is 285 g/mol. The van der Waals surface area contributed by atoms with Crippen LogP contribution in [0.5, 0.6) is 0 Å². The van der Waals surface area contributed by atoms with Crippen LogP contribution in [0.3, 0.4) is 0 Å². The second kappa shape index (κ2) is 4.54. The van der Waals surface area contributed by atoms with E-state index in [1.807, 2.05) is 13.8 Å². The highest BCUT2D eigenvalue weighted by molar-refractivity contribution is 7.93. The van der Waals surface area contributed by atoms with Crippen LogP contribution < -0.4 is 10.3 Å². The van der Waals surface area contributed by atoms with Crippen molar-refractivity contribution in [1.82, 2.24) is 9.97 Å². The Labute approximate surface area is 108 Å². The first kappa shape index (κ1) is 12.8. The van der Waals surface area contributed by atoms with Gasteiger partial charge in [0.25, 0.3) is 10.0 Å². The van der Waals surface area contributed by atoms with Crippen LogP contribution in [0.15, 0.2) is 28.0 Å². The van der Waals surface area contributed by atoms with E-state index in [-0.39, 0.29) is 10.5 Å². The molecule has 6 nitrogen and oxygen atoms in total. The molecule has 0 fully saturated rings. The normalized spacial score (nSPS) is 11.4. The Balaban J connectivity index is 2.32. The minimum Gasteiger partial charge on any atom is -0.328 e. The summed E-state index contributed by atoms with van der Waals surface area (Å²) in [6.45, 7) is 3.68. The highest BCUT2D eigenvalue weighted by Gasteiger charge is 2.16. The molecule has 0 spiro atoms. The first-order chi connectivity index (χ1) is 8.38. The lowest BCUT2D eigenvalue weighted by atomic mass is 10.4. The maximum atomic E-state index is 12.0. The molecule has 0 atom stereocenters. The summed E-state index contributed by atoms with van der Waals surface area (Å²) in [5.74, 6) is 0. The van der Waals surface area contributed by atoms with Crippen molar-refractivity contribution in [2.75, 3.05) is 4.72 Å². The van der Waals surface area contributed by atoms with E-state index in [0.717, 1.165) is 22.8 Å². The number of nitrogens with one attached hydrogen (secondary N) is 2. The predicted octanol–water partition coefficient (Wildman–Crippen LogP) is 1.25. The van der Waals surface area contributed by atoms with Crippen molar-refractivity contribution in [3.8, 4) is 0 Å². The van der Waals surface area contributed by atoms with E-state index < -0.39 is 10.0 Å². The quantitative estimate of drug-likeness (QED) is 0.887. The highest BCUT2D eigenvalue weighted by atomic mass is 32.2. The molecular weight excluding hydrogens is 274 g/mol. The summed E-state index contributed by atoms with van der Waals surface area (Å²) < 4.78 is 26.3. The smallest absolute Gasteiger partial charge is 0.265 e. The number of H-pyrrole nitrogens is 1. The molecule has 2 aromatic heterocycles. The van der Waals surface area contributed by atoms with Crippen molar-refractivity contribution >= 4 is 26.5 Å². The van der Waals surface area contributed by atoms with Gasteiger partial charge in [0.05, 0.1) is 5.69 Å². The van der Waals surface area contributed by atoms with Crippen molar-refractivity contribution in [3.63, 3.8) is 0 Å². The van der Waals surface area contributed by atoms with Crippen LogP contribution in [0.4, 0.5) is 5.13 Å². The maximum absolute atomic E-state index is 12.0. The molecule has 0 aliphatic carbocycles. The molecule has 0 radical (unpaired) electrons. The van der Waals surface area contributed by atoms with Gasteiger partial charge >= 0.3 is 0 Å². The lowest BCUT2D eigenvalue weighted by Crippen LogP contribution is -2.15. The molecule has 0 saturated heterocycles. The van der Waals surface area contributed by atoms with Crippen LogP contribution in [0, 0.1) is 13.8 Å². The van der Waals surface area contributed by atoms with Crippen molar-refractivity contribution in [1.29, 1.82) is 0 Å². The van der Waals surface area contributed by atoms with Crippen molar-refractivity contribution < 1.29 is 8.42 Å². The summed E-state index contributed by atoms with van der Waals surface area (Å²) in [7, 11) is -3.71. The van der Waals surface area contributed by atoms with Gasteiger partial charge in [-0.15, -0.1) is 11.3 Å². The van der Waals surface area contributed by atoms with Crippen molar-refractivity contribution in [2.24, 2.45) is 0 Å². The predicted molar refractivity (Wildman–Crippen MR) is 69.5 cm³/mol. The number of hydrogen-bond acceptors (Lipinski definition) is 5. The lowest BCUT2D eigenvalue weighted by Gasteiger charge is -2.03. The Kier molecular flexibility index (Phi) is 3.22. The van der Waals surface area contributed by atoms with E-state index in [0.29, 0.717) is 5.13 Å². The molecule has 0 aromatic carbocycles. The molecule has 2 rings (SSSR count). The van der Waals surface area contributed by atoms with Gasteiger partial charge in [-0.25, -0.2) is 13.4 Å². The molecule has 0 saturated carbocycles. The van der Waals surface area contributed by atoms with E-state index >= 15 is 0 Å². The topological polar surface area (TPSA) is 91.9 Å². The van der Waals surface area contributed by atoms with E-state index in [2.05, 4.69) is 14.7 Å². The molecule has 96 valence electrons.